The highest BCUT2D eigenvalue weighted by Gasteiger charge is 2.13. The van der Waals surface area contributed by atoms with Gasteiger partial charge in [0.25, 0.3) is 0 Å². The number of hydrogen-bond acceptors (Lipinski definition) is 6. The SMILES string of the molecule is O=C(Cn1ccc([N+](=O)[O-])n1)NCC(O)CO. The van der Waals surface area contributed by atoms with Crippen LogP contribution in [0.3, 0.4) is 0 Å². The normalized spacial score (nSPS) is 12.1. The molecule has 0 bridgehead atoms. The molecule has 0 aromatic carbocycles. The Morgan fingerprint density at radius 1 is 1.71 bits per heavy atom. The lowest BCUT2D eigenvalue weighted by Gasteiger charge is -2.07. The van der Waals surface area contributed by atoms with E-state index in [0.717, 1.165) is 4.68 Å². The van der Waals surface area contributed by atoms with Crippen LogP contribution in [0.1, 0.15) is 0 Å². The van der Waals surface area contributed by atoms with Gasteiger partial charge in [0.05, 0.1) is 30.1 Å². The fourth-order valence-corrected chi connectivity index (χ4v) is 1.04. The van der Waals surface area contributed by atoms with Gasteiger partial charge in [-0.2, -0.15) is 4.68 Å². The Labute approximate surface area is 95.8 Å². The monoisotopic (exact) mass is 244 g/mol. The molecule has 3 N–H and O–H groups in total. The lowest BCUT2D eigenvalue weighted by atomic mass is 10.4. The summed E-state index contributed by atoms with van der Waals surface area (Å²) in [5.74, 6) is -0.802. The summed E-state index contributed by atoms with van der Waals surface area (Å²) >= 11 is 0. The second-order valence-electron chi connectivity index (χ2n) is 3.27. The number of nitrogens with one attached hydrogen (secondary N) is 1. The zero-order valence-electron chi connectivity index (χ0n) is 8.81. The average Bonchev–Trinajstić information content (AvgIpc) is 2.74. The van der Waals surface area contributed by atoms with Gasteiger partial charge in [-0.15, -0.1) is 0 Å². The summed E-state index contributed by atoms with van der Waals surface area (Å²) in [5, 5.41) is 33.7. The highest BCUT2D eigenvalue weighted by molar-refractivity contribution is 5.75. The van der Waals surface area contributed by atoms with Crippen LogP contribution in [0.2, 0.25) is 0 Å². The summed E-state index contributed by atoms with van der Waals surface area (Å²) in [5.41, 5.74) is 0. The van der Waals surface area contributed by atoms with E-state index in [1.165, 1.54) is 12.3 Å². The molecule has 0 fully saturated rings. The van der Waals surface area contributed by atoms with Gasteiger partial charge in [0.1, 0.15) is 6.54 Å². The second kappa shape index (κ2) is 5.92. The topological polar surface area (TPSA) is 131 Å². The number of nitro groups is 1. The van der Waals surface area contributed by atoms with Crippen LogP contribution in [0.15, 0.2) is 12.3 Å². The number of aromatic nitrogens is 2. The van der Waals surface area contributed by atoms with Gasteiger partial charge in [-0.1, -0.05) is 0 Å². The first kappa shape index (κ1) is 13.1. The molecule has 9 heteroatoms. The Hall–Kier alpha value is -2.00. The molecule has 0 saturated heterocycles. The van der Waals surface area contributed by atoms with E-state index in [9.17, 15) is 14.9 Å². The minimum atomic E-state index is -1.02. The van der Waals surface area contributed by atoms with Crippen molar-refractivity contribution in [2.75, 3.05) is 13.2 Å². The number of aliphatic hydroxyl groups is 2. The van der Waals surface area contributed by atoms with E-state index < -0.39 is 23.5 Å². The summed E-state index contributed by atoms with van der Waals surface area (Å²) in [6.07, 6.45) is 0.283. The van der Waals surface area contributed by atoms with Gasteiger partial charge >= 0.3 is 5.82 Å². The van der Waals surface area contributed by atoms with Gasteiger partial charge in [-0.3, -0.25) is 4.79 Å². The highest BCUT2D eigenvalue weighted by atomic mass is 16.6. The van der Waals surface area contributed by atoms with E-state index in [0.29, 0.717) is 0 Å². The van der Waals surface area contributed by atoms with Gasteiger partial charge in [0, 0.05) is 6.54 Å². The fraction of sp³-hybridized carbons (Fsp3) is 0.500. The van der Waals surface area contributed by atoms with Crippen molar-refractivity contribution in [3.8, 4) is 0 Å². The van der Waals surface area contributed by atoms with Crippen molar-refractivity contribution < 1.29 is 19.9 Å². The average molecular weight is 244 g/mol. The molecule has 1 rings (SSSR count). The maximum atomic E-state index is 11.3. The van der Waals surface area contributed by atoms with Gasteiger partial charge in [-0.25, -0.2) is 0 Å². The van der Waals surface area contributed by atoms with Crippen molar-refractivity contribution in [3.05, 3.63) is 22.4 Å². The third kappa shape index (κ3) is 4.17. The first-order valence-corrected chi connectivity index (χ1v) is 4.76. The molecule has 1 amide bonds. The van der Waals surface area contributed by atoms with Crippen LogP contribution in [0.5, 0.6) is 0 Å². The molecule has 0 aliphatic rings. The number of nitrogens with zero attached hydrogens (tertiary/aromatic N) is 3. The Bertz CT molecular complexity index is 404. The van der Waals surface area contributed by atoms with Crippen LogP contribution in [-0.4, -0.2) is 50.1 Å². The van der Waals surface area contributed by atoms with Crippen molar-refractivity contribution in [1.82, 2.24) is 15.1 Å². The van der Waals surface area contributed by atoms with Crippen LogP contribution in [0.25, 0.3) is 0 Å². The summed E-state index contributed by atoms with van der Waals surface area (Å²) in [4.78, 5) is 20.9. The number of carbonyl (C=O) groups is 1. The first-order valence-electron chi connectivity index (χ1n) is 4.76. The second-order valence-corrected chi connectivity index (χ2v) is 3.27. The molecular weight excluding hydrogens is 232 g/mol. The van der Waals surface area contributed by atoms with Crippen molar-refractivity contribution in [2.24, 2.45) is 0 Å². The fourth-order valence-electron chi connectivity index (χ4n) is 1.04. The third-order valence-electron chi connectivity index (χ3n) is 1.86. The number of amides is 1. The first-order chi connectivity index (χ1) is 8.02. The van der Waals surface area contributed by atoms with Crippen LogP contribution in [0.4, 0.5) is 5.82 Å². The van der Waals surface area contributed by atoms with E-state index in [1.807, 2.05) is 0 Å². The summed E-state index contributed by atoms with van der Waals surface area (Å²) < 4.78 is 1.11. The zero-order chi connectivity index (χ0) is 12.8. The number of aliphatic hydroxyl groups excluding tert-OH is 2. The summed E-state index contributed by atoms with van der Waals surface area (Å²) in [6, 6.07) is 1.18. The maximum absolute atomic E-state index is 11.3. The molecule has 9 nitrogen and oxygen atoms in total. The van der Waals surface area contributed by atoms with Crippen molar-refractivity contribution in [1.29, 1.82) is 0 Å². The molecule has 1 aromatic rings. The Morgan fingerprint density at radius 3 is 2.94 bits per heavy atom. The molecule has 1 heterocycles. The van der Waals surface area contributed by atoms with Crippen LogP contribution in [0, 0.1) is 10.1 Å². The predicted octanol–water partition coefficient (Wildman–Crippen LogP) is -1.74. The minimum Gasteiger partial charge on any atom is -0.394 e. The molecule has 0 aliphatic heterocycles. The smallest absolute Gasteiger partial charge is 0.389 e. The standard InChI is InChI=1S/C8H12N4O5/c13-5-6(14)3-9-8(15)4-11-2-1-7(10-11)12(16)17/h1-2,6,13-14H,3-5H2,(H,9,15). The molecule has 0 saturated carbocycles. The molecule has 94 valence electrons. The lowest BCUT2D eigenvalue weighted by molar-refractivity contribution is -0.389. The van der Waals surface area contributed by atoms with E-state index in [4.69, 9.17) is 10.2 Å². The van der Waals surface area contributed by atoms with Crippen LogP contribution < -0.4 is 5.32 Å². The summed E-state index contributed by atoms with van der Waals surface area (Å²) in [6.45, 7) is -0.724. The molecule has 0 radical (unpaired) electrons. The Morgan fingerprint density at radius 2 is 2.41 bits per heavy atom. The number of carbonyl (C=O) groups excluding carboxylic acids is 1. The number of rotatable bonds is 6. The zero-order valence-corrected chi connectivity index (χ0v) is 8.81. The molecule has 0 spiro atoms. The molecular formula is C8H12N4O5. The summed E-state index contributed by atoms with van der Waals surface area (Å²) in [7, 11) is 0. The molecule has 1 aromatic heterocycles. The highest BCUT2D eigenvalue weighted by Crippen LogP contribution is 2.04. The lowest BCUT2D eigenvalue weighted by Crippen LogP contribution is -2.35. The molecule has 1 atom stereocenters. The Balaban J connectivity index is 2.42. The number of hydrogen-bond donors (Lipinski definition) is 3. The quantitative estimate of drug-likeness (QED) is 0.402. The van der Waals surface area contributed by atoms with E-state index >= 15 is 0 Å². The van der Waals surface area contributed by atoms with E-state index in [-0.39, 0.29) is 18.9 Å². The maximum Gasteiger partial charge on any atom is 0.389 e. The van der Waals surface area contributed by atoms with Gasteiger partial charge in [0.15, 0.2) is 0 Å². The van der Waals surface area contributed by atoms with Crippen LogP contribution >= 0.6 is 0 Å². The predicted molar refractivity (Wildman–Crippen MR) is 55.0 cm³/mol. The van der Waals surface area contributed by atoms with Crippen molar-refractivity contribution >= 4 is 11.7 Å². The minimum absolute atomic E-state index is 0.0846. The van der Waals surface area contributed by atoms with Crippen molar-refractivity contribution in [3.63, 3.8) is 0 Å². The van der Waals surface area contributed by atoms with E-state index in [2.05, 4.69) is 10.4 Å². The van der Waals surface area contributed by atoms with Gasteiger partial charge in [-0.05, 0) is 4.92 Å². The largest absolute Gasteiger partial charge is 0.394 e. The third-order valence-corrected chi connectivity index (χ3v) is 1.86. The molecule has 0 aliphatic carbocycles. The molecule has 17 heavy (non-hydrogen) atoms. The van der Waals surface area contributed by atoms with Crippen LogP contribution in [-0.2, 0) is 11.3 Å². The van der Waals surface area contributed by atoms with Gasteiger partial charge < -0.3 is 25.6 Å². The Kier molecular flexibility index (Phi) is 4.55. The van der Waals surface area contributed by atoms with Crippen molar-refractivity contribution in [2.45, 2.75) is 12.6 Å². The van der Waals surface area contributed by atoms with Gasteiger partial charge in [0.2, 0.25) is 5.91 Å². The van der Waals surface area contributed by atoms with E-state index in [1.54, 1.807) is 0 Å². The molecule has 1 unspecified atom stereocenters.